The normalized spacial score (nSPS) is 32.5. The predicted octanol–water partition coefficient (Wildman–Crippen LogP) is 2.26. The first-order valence-electron chi connectivity index (χ1n) is 7.56. The number of likely N-dealkylation sites (tertiary alicyclic amines) is 1. The first kappa shape index (κ1) is 14.3. The molecule has 2 rings (SSSR count). The van der Waals surface area contributed by atoms with Crippen LogP contribution in [0, 0.1) is 5.41 Å². The first-order chi connectivity index (χ1) is 8.44. The van der Waals surface area contributed by atoms with Gasteiger partial charge in [-0.3, -0.25) is 0 Å². The molecule has 0 aromatic rings. The van der Waals surface area contributed by atoms with E-state index in [1.54, 1.807) is 0 Å². The van der Waals surface area contributed by atoms with Crippen molar-refractivity contribution >= 4 is 0 Å². The standard InChI is InChI=1S/C15H30N2O/c1-12(2)16-9-13-5-6-14(18-13)10-17-8-7-15(3,4)11-17/h12-14,16H,5-11H2,1-4H3. The monoisotopic (exact) mass is 254 g/mol. The molecule has 2 fully saturated rings. The highest BCUT2D eigenvalue weighted by Crippen LogP contribution is 2.30. The van der Waals surface area contributed by atoms with Crippen molar-refractivity contribution in [3.8, 4) is 0 Å². The average Bonchev–Trinajstić information content (AvgIpc) is 2.83. The minimum absolute atomic E-state index is 0.438. The molecule has 1 N–H and O–H groups in total. The molecule has 0 aliphatic carbocycles. The van der Waals surface area contributed by atoms with Crippen LogP contribution in [0.1, 0.15) is 47.0 Å². The zero-order chi connectivity index (χ0) is 13.2. The Morgan fingerprint density at radius 1 is 1.28 bits per heavy atom. The van der Waals surface area contributed by atoms with Crippen LogP contribution in [-0.2, 0) is 4.74 Å². The van der Waals surface area contributed by atoms with Crippen LogP contribution in [-0.4, -0.2) is 49.3 Å². The van der Waals surface area contributed by atoms with Gasteiger partial charge in [-0.2, -0.15) is 0 Å². The molecule has 2 saturated heterocycles. The predicted molar refractivity (Wildman–Crippen MR) is 75.9 cm³/mol. The van der Waals surface area contributed by atoms with E-state index >= 15 is 0 Å². The molecule has 2 atom stereocenters. The van der Waals surface area contributed by atoms with E-state index in [1.807, 2.05) is 0 Å². The quantitative estimate of drug-likeness (QED) is 0.814. The van der Waals surface area contributed by atoms with Gasteiger partial charge in [-0.1, -0.05) is 27.7 Å². The van der Waals surface area contributed by atoms with E-state index in [-0.39, 0.29) is 0 Å². The summed E-state index contributed by atoms with van der Waals surface area (Å²) in [5.74, 6) is 0. The van der Waals surface area contributed by atoms with Gasteiger partial charge < -0.3 is 15.0 Å². The Morgan fingerprint density at radius 3 is 2.61 bits per heavy atom. The van der Waals surface area contributed by atoms with Crippen LogP contribution in [0.15, 0.2) is 0 Å². The lowest BCUT2D eigenvalue weighted by Crippen LogP contribution is -2.35. The van der Waals surface area contributed by atoms with Crippen LogP contribution in [0.25, 0.3) is 0 Å². The maximum absolute atomic E-state index is 6.14. The Balaban J connectivity index is 1.67. The van der Waals surface area contributed by atoms with E-state index in [0.717, 1.165) is 13.1 Å². The Morgan fingerprint density at radius 2 is 2.00 bits per heavy atom. The Kier molecular flexibility index (Phi) is 4.68. The van der Waals surface area contributed by atoms with Crippen molar-refractivity contribution in [3.05, 3.63) is 0 Å². The average molecular weight is 254 g/mol. The summed E-state index contributed by atoms with van der Waals surface area (Å²) in [6.45, 7) is 13.8. The second kappa shape index (κ2) is 5.89. The van der Waals surface area contributed by atoms with Crippen molar-refractivity contribution in [1.82, 2.24) is 10.2 Å². The van der Waals surface area contributed by atoms with Crippen LogP contribution >= 0.6 is 0 Å². The largest absolute Gasteiger partial charge is 0.372 e. The smallest absolute Gasteiger partial charge is 0.0707 e. The summed E-state index contributed by atoms with van der Waals surface area (Å²) in [5, 5.41) is 3.48. The van der Waals surface area contributed by atoms with E-state index in [0.29, 0.717) is 23.7 Å². The molecule has 0 aromatic carbocycles. The van der Waals surface area contributed by atoms with Crippen molar-refractivity contribution in [1.29, 1.82) is 0 Å². The molecule has 2 heterocycles. The highest BCUT2D eigenvalue weighted by Gasteiger charge is 2.33. The lowest BCUT2D eigenvalue weighted by molar-refractivity contribution is 0.0253. The van der Waals surface area contributed by atoms with E-state index in [9.17, 15) is 0 Å². The van der Waals surface area contributed by atoms with Gasteiger partial charge in [0.1, 0.15) is 0 Å². The van der Waals surface area contributed by atoms with Crippen molar-refractivity contribution in [3.63, 3.8) is 0 Å². The zero-order valence-corrected chi connectivity index (χ0v) is 12.5. The Hall–Kier alpha value is -0.120. The molecule has 18 heavy (non-hydrogen) atoms. The van der Waals surface area contributed by atoms with E-state index < -0.39 is 0 Å². The van der Waals surface area contributed by atoms with Crippen molar-refractivity contribution in [2.75, 3.05) is 26.2 Å². The lowest BCUT2D eigenvalue weighted by atomic mass is 9.93. The molecule has 2 aliphatic heterocycles. The summed E-state index contributed by atoms with van der Waals surface area (Å²) in [4.78, 5) is 2.59. The Bertz CT molecular complexity index is 265. The van der Waals surface area contributed by atoms with Gasteiger partial charge in [-0.05, 0) is 31.2 Å². The molecule has 2 aliphatic rings. The third kappa shape index (κ3) is 4.22. The third-order valence-electron chi connectivity index (χ3n) is 4.17. The van der Waals surface area contributed by atoms with E-state index in [4.69, 9.17) is 4.74 Å². The number of hydrogen-bond donors (Lipinski definition) is 1. The topological polar surface area (TPSA) is 24.5 Å². The number of nitrogens with zero attached hydrogens (tertiary/aromatic N) is 1. The molecule has 0 bridgehead atoms. The van der Waals surface area contributed by atoms with Gasteiger partial charge in [0.25, 0.3) is 0 Å². The van der Waals surface area contributed by atoms with Gasteiger partial charge in [-0.15, -0.1) is 0 Å². The van der Waals surface area contributed by atoms with Crippen LogP contribution < -0.4 is 5.32 Å². The van der Waals surface area contributed by atoms with Crippen LogP contribution in [0.4, 0.5) is 0 Å². The summed E-state index contributed by atoms with van der Waals surface area (Å²) < 4.78 is 6.14. The molecule has 106 valence electrons. The Labute approximate surface area is 112 Å². The molecule has 0 aromatic heterocycles. The number of hydrogen-bond acceptors (Lipinski definition) is 3. The van der Waals surface area contributed by atoms with Gasteiger partial charge in [0.15, 0.2) is 0 Å². The maximum atomic E-state index is 6.14. The SMILES string of the molecule is CC(C)NCC1CCC(CN2CCC(C)(C)C2)O1. The fraction of sp³-hybridized carbons (Fsp3) is 1.00. The molecule has 3 nitrogen and oxygen atoms in total. The molecule has 0 amide bonds. The molecule has 0 radical (unpaired) electrons. The third-order valence-corrected chi connectivity index (χ3v) is 4.17. The molecule has 3 heteroatoms. The number of nitrogens with one attached hydrogen (secondary N) is 1. The molecular formula is C15H30N2O. The summed E-state index contributed by atoms with van der Waals surface area (Å²) in [7, 11) is 0. The van der Waals surface area contributed by atoms with E-state index in [1.165, 1.54) is 32.4 Å². The minimum Gasteiger partial charge on any atom is -0.372 e. The van der Waals surface area contributed by atoms with E-state index in [2.05, 4.69) is 37.9 Å². The van der Waals surface area contributed by atoms with Gasteiger partial charge in [-0.25, -0.2) is 0 Å². The second-order valence-electron chi connectivity index (χ2n) is 7.17. The maximum Gasteiger partial charge on any atom is 0.0707 e. The number of rotatable bonds is 5. The van der Waals surface area contributed by atoms with Crippen molar-refractivity contribution < 1.29 is 4.74 Å². The summed E-state index contributed by atoms with van der Waals surface area (Å²) in [6.07, 6.45) is 4.70. The summed E-state index contributed by atoms with van der Waals surface area (Å²) in [6, 6.07) is 0.562. The molecule has 0 saturated carbocycles. The number of ether oxygens (including phenoxy) is 1. The fourth-order valence-electron chi connectivity index (χ4n) is 3.10. The second-order valence-corrected chi connectivity index (χ2v) is 7.17. The highest BCUT2D eigenvalue weighted by molar-refractivity contribution is 4.86. The molecular weight excluding hydrogens is 224 g/mol. The lowest BCUT2D eigenvalue weighted by Gasteiger charge is -2.23. The molecule has 2 unspecified atom stereocenters. The van der Waals surface area contributed by atoms with Crippen LogP contribution in [0.2, 0.25) is 0 Å². The van der Waals surface area contributed by atoms with Gasteiger partial charge in [0.05, 0.1) is 12.2 Å². The molecule has 0 spiro atoms. The van der Waals surface area contributed by atoms with Crippen molar-refractivity contribution in [2.24, 2.45) is 5.41 Å². The van der Waals surface area contributed by atoms with Gasteiger partial charge in [0.2, 0.25) is 0 Å². The van der Waals surface area contributed by atoms with Crippen molar-refractivity contribution in [2.45, 2.75) is 65.2 Å². The fourth-order valence-corrected chi connectivity index (χ4v) is 3.10. The van der Waals surface area contributed by atoms with Crippen LogP contribution in [0.3, 0.4) is 0 Å². The zero-order valence-electron chi connectivity index (χ0n) is 12.5. The minimum atomic E-state index is 0.438. The van der Waals surface area contributed by atoms with Gasteiger partial charge >= 0.3 is 0 Å². The first-order valence-corrected chi connectivity index (χ1v) is 7.56. The summed E-state index contributed by atoms with van der Waals surface area (Å²) >= 11 is 0. The van der Waals surface area contributed by atoms with Crippen LogP contribution in [0.5, 0.6) is 0 Å². The van der Waals surface area contributed by atoms with Gasteiger partial charge in [0, 0.05) is 25.7 Å². The highest BCUT2D eigenvalue weighted by atomic mass is 16.5. The summed E-state index contributed by atoms with van der Waals surface area (Å²) in [5.41, 5.74) is 0.511.